The number of sulfonamides is 1. The normalized spacial score (nSPS) is 24.4. The van der Waals surface area contributed by atoms with Crippen molar-refractivity contribution in [3.05, 3.63) is 29.8 Å². The Morgan fingerprint density at radius 3 is 2.36 bits per heavy atom. The molecule has 0 amide bonds. The van der Waals surface area contributed by atoms with E-state index in [1.54, 1.807) is 0 Å². The highest BCUT2D eigenvalue weighted by Gasteiger charge is 2.36. The van der Waals surface area contributed by atoms with E-state index in [1.807, 2.05) is 6.92 Å². The summed E-state index contributed by atoms with van der Waals surface area (Å²) in [5, 5.41) is 9.64. The molecule has 8 heteroatoms. The third-order valence-electron chi connectivity index (χ3n) is 3.89. The van der Waals surface area contributed by atoms with Crippen LogP contribution in [-0.2, 0) is 16.2 Å². The van der Waals surface area contributed by atoms with Gasteiger partial charge in [-0.1, -0.05) is 6.92 Å². The molecule has 1 heterocycles. The van der Waals surface area contributed by atoms with Crippen molar-refractivity contribution >= 4 is 10.0 Å². The van der Waals surface area contributed by atoms with E-state index < -0.39 is 27.9 Å². The van der Waals surface area contributed by atoms with Gasteiger partial charge in [-0.15, -0.1) is 0 Å². The van der Waals surface area contributed by atoms with Crippen LogP contribution >= 0.6 is 0 Å². The second kappa shape index (κ2) is 6.17. The lowest BCUT2D eigenvalue weighted by atomic mass is 10.0. The minimum atomic E-state index is -4.50. The smallest absolute Gasteiger partial charge is 0.393 e. The lowest BCUT2D eigenvalue weighted by molar-refractivity contribution is -0.137. The van der Waals surface area contributed by atoms with E-state index in [-0.39, 0.29) is 17.5 Å². The summed E-state index contributed by atoms with van der Waals surface area (Å²) in [5.41, 5.74) is -0.882. The molecule has 0 bridgehead atoms. The molecule has 22 heavy (non-hydrogen) atoms. The second-order valence-electron chi connectivity index (χ2n) is 5.38. The Bertz CT molecular complexity index is 613. The van der Waals surface area contributed by atoms with Gasteiger partial charge in [0.25, 0.3) is 0 Å². The topological polar surface area (TPSA) is 57.6 Å². The van der Waals surface area contributed by atoms with Crippen LogP contribution in [0.25, 0.3) is 0 Å². The van der Waals surface area contributed by atoms with E-state index in [9.17, 15) is 26.7 Å². The Labute approximate surface area is 127 Å². The van der Waals surface area contributed by atoms with Crippen LogP contribution in [0.1, 0.15) is 31.7 Å². The van der Waals surface area contributed by atoms with E-state index in [1.165, 1.54) is 4.31 Å². The first-order valence-electron chi connectivity index (χ1n) is 7.03. The maximum absolute atomic E-state index is 12.6. The molecule has 1 aliphatic rings. The average molecular weight is 337 g/mol. The van der Waals surface area contributed by atoms with E-state index in [0.717, 1.165) is 24.3 Å². The summed E-state index contributed by atoms with van der Waals surface area (Å²) in [4.78, 5) is -0.157. The summed E-state index contributed by atoms with van der Waals surface area (Å²) in [6, 6.07) is 3.17. The van der Waals surface area contributed by atoms with Crippen molar-refractivity contribution in [2.45, 2.75) is 49.4 Å². The largest absolute Gasteiger partial charge is 0.416 e. The van der Waals surface area contributed by atoms with Gasteiger partial charge in [0.15, 0.2) is 0 Å². The standard InChI is InChI=1S/C14H18F3NO3S/c1-2-11-9-12(19)7-8-18(11)22(20,21)13-5-3-10(4-6-13)14(15,16)17/h3-6,11-12,19H,2,7-9H2,1H3/t11-,12-/m0/s1. The fourth-order valence-corrected chi connectivity index (χ4v) is 4.37. The van der Waals surface area contributed by atoms with Gasteiger partial charge in [0.05, 0.1) is 16.6 Å². The molecular formula is C14H18F3NO3S. The Morgan fingerprint density at radius 2 is 1.86 bits per heavy atom. The molecule has 1 fully saturated rings. The number of benzene rings is 1. The van der Waals surface area contributed by atoms with Gasteiger partial charge >= 0.3 is 6.18 Å². The van der Waals surface area contributed by atoms with Gasteiger partial charge in [0, 0.05) is 12.6 Å². The van der Waals surface area contributed by atoms with Gasteiger partial charge in [0.1, 0.15) is 0 Å². The number of rotatable bonds is 3. The van der Waals surface area contributed by atoms with Gasteiger partial charge in [-0.3, -0.25) is 0 Å². The number of alkyl halides is 3. The molecule has 4 nitrogen and oxygen atoms in total. The summed E-state index contributed by atoms with van der Waals surface area (Å²) >= 11 is 0. The third-order valence-corrected chi connectivity index (χ3v) is 5.86. The maximum Gasteiger partial charge on any atom is 0.416 e. The fraction of sp³-hybridized carbons (Fsp3) is 0.571. The molecule has 0 aromatic heterocycles. The van der Waals surface area contributed by atoms with Gasteiger partial charge in [0.2, 0.25) is 10.0 Å². The van der Waals surface area contributed by atoms with E-state index in [2.05, 4.69) is 0 Å². The Hall–Kier alpha value is -1.12. The number of aliphatic hydroxyl groups excluding tert-OH is 1. The summed E-state index contributed by atoms with van der Waals surface area (Å²) < 4.78 is 64.1. The molecule has 2 atom stereocenters. The van der Waals surface area contributed by atoms with E-state index >= 15 is 0 Å². The number of hydrogen-bond acceptors (Lipinski definition) is 3. The van der Waals surface area contributed by atoms with Crippen molar-refractivity contribution in [1.29, 1.82) is 0 Å². The number of hydrogen-bond donors (Lipinski definition) is 1. The Balaban J connectivity index is 2.30. The molecule has 1 aromatic carbocycles. The lowest BCUT2D eigenvalue weighted by Gasteiger charge is -2.36. The van der Waals surface area contributed by atoms with Crippen molar-refractivity contribution in [3.63, 3.8) is 0 Å². The molecule has 0 aliphatic carbocycles. The monoisotopic (exact) mass is 337 g/mol. The van der Waals surface area contributed by atoms with Gasteiger partial charge in [-0.05, 0) is 43.5 Å². The van der Waals surface area contributed by atoms with Crippen molar-refractivity contribution in [1.82, 2.24) is 4.31 Å². The summed E-state index contributed by atoms with van der Waals surface area (Å²) in [6.45, 7) is 1.99. The average Bonchev–Trinajstić information content (AvgIpc) is 2.46. The van der Waals surface area contributed by atoms with Crippen LogP contribution in [0.15, 0.2) is 29.2 Å². The van der Waals surface area contributed by atoms with Crippen LogP contribution in [0.3, 0.4) is 0 Å². The van der Waals surface area contributed by atoms with Gasteiger partial charge in [-0.2, -0.15) is 17.5 Å². The zero-order chi connectivity index (χ0) is 16.5. The first-order chi connectivity index (χ1) is 10.2. The lowest BCUT2D eigenvalue weighted by Crippen LogP contribution is -2.47. The molecule has 2 rings (SSSR count). The highest BCUT2D eigenvalue weighted by Crippen LogP contribution is 2.31. The van der Waals surface area contributed by atoms with Crippen LogP contribution in [0.2, 0.25) is 0 Å². The third kappa shape index (κ3) is 3.44. The molecule has 0 unspecified atom stereocenters. The van der Waals surface area contributed by atoms with Gasteiger partial charge < -0.3 is 5.11 Å². The fourth-order valence-electron chi connectivity index (χ4n) is 2.65. The summed E-state index contributed by atoms with van der Waals surface area (Å²) in [7, 11) is -3.85. The first kappa shape index (κ1) is 17.2. The zero-order valence-corrected chi connectivity index (χ0v) is 12.9. The SMILES string of the molecule is CC[C@H]1C[C@@H](O)CCN1S(=O)(=O)c1ccc(C(F)(F)F)cc1. The molecule has 124 valence electrons. The van der Waals surface area contributed by atoms with Crippen molar-refractivity contribution in [2.75, 3.05) is 6.54 Å². The molecule has 0 radical (unpaired) electrons. The van der Waals surface area contributed by atoms with Crippen LogP contribution in [0.5, 0.6) is 0 Å². The Kier molecular flexibility index (Phi) is 4.84. The van der Waals surface area contributed by atoms with Crippen LogP contribution < -0.4 is 0 Å². The number of aliphatic hydroxyl groups is 1. The molecule has 1 saturated heterocycles. The van der Waals surface area contributed by atoms with Crippen molar-refractivity contribution in [3.8, 4) is 0 Å². The minimum absolute atomic E-state index is 0.157. The highest BCUT2D eigenvalue weighted by atomic mass is 32.2. The quantitative estimate of drug-likeness (QED) is 0.922. The van der Waals surface area contributed by atoms with Crippen LogP contribution in [-0.4, -0.2) is 36.5 Å². The molecular weight excluding hydrogens is 319 g/mol. The predicted octanol–water partition coefficient (Wildman–Crippen LogP) is 2.63. The molecule has 1 aliphatic heterocycles. The van der Waals surface area contributed by atoms with Gasteiger partial charge in [-0.25, -0.2) is 8.42 Å². The predicted molar refractivity (Wildman–Crippen MR) is 74.7 cm³/mol. The summed E-state index contributed by atoms with van der Waals surface area (Å²) in [5.74, 6) is 0. The minimum Gasteiger partial charge on any atom is -0.393 e. The molecule has 0 saturated carbocycles. The summed E-state index contributed by atoms with van der Waals surface area (Å²) in [6.07, 6.45) is -3.82. The van der Waals surface area contributed by atoms with E-state index in [0.29, 0.717) is 19.3 Å². The van der Waals surface area contributed by atoms with Crippen LogP contribution in [0, 0.1) is 0 Å². The van der Waals surface area contributed by atoms with E-state index in [4.69, 9.17) is 0 Å². The molecule has 1 aromatic rings. The zero-order valence-electron chi connectivity index (χ0n) is 12.0. The number of piperidine rings is 1. The molecule has 0 spiro atoms. The number of nitrogens with zero attached hydrogens (tertiary/aromatic N) is 1. The molecule has 1 N–H and O–H groups in total. The van der Waals surface area contributed by atoms with Crippen molar-refractivity contribution in [2.24, 2.45) is 0 Å². The maximum atomic E-state index is 12.6. The Morgan fingerprint density at radius 1 is 1.27 bits per heavy atom. The number of halogens is 3. The van der Waals surface area contributed by atoms with Crippen LogP contribution in [0.4, 0.5) is 13.2 Å². The highest BCUT2D eigenvalue weighted by molar-refractivity contribution is 7.89. The van der Waals surface area contributed by atoms with Crippen molar-refractivity contribution < 1.29 is 26.7 Å². The second-order valence-corrected chi connectivity index (χ2v) is 7.27. The first-order valence-corrected chi connectivity index (χ1v) is 8.47.